The smallest absolute Gasteiger partial charge is 0.260 e. The van der Waals surface area contributed by atoms with Crippen LogP contribution in [-0.4, -0.2) is 36.7 Å². The Labute approximate surface area is 219 Å². The Morgan fingerprint density at radius 3 is 2.33 bits per heavy atom. The first-order chi connectivity index (χ1) is 17.4. The second-order valence-electron chi connectivity index (χ2n) is 8.53. The van der Waals surface area contributed by atoms with Gasteiger partial charge in [-0.15, -0.1) is 0 Å². The molecule has 0 N–H and O–H groups in total. The van der Waals surface area contributed by atoms with Crippen molar-refractivity contribution >= 4 is 29.1 Å². The minimum Gasteiger partial charge on any atom is -0.493 e. The number of amides is 1. The molecule has 5 rings (SSSR count). The average Bonchev–Trinajstić information content (AvgIpc) is 3.27. The van der Waals surface area contributed by atoms with Gasteiger partial charge in [-0.1, -0.05) is 64.8 Å². The molecule has 1 aliphatic heterocycles. The minimum absolute atomic E-state index is 0.214. The molecule has 4 aromatic rings. The number of carbonyl (C=O) groups is 1. The number of carbonyl (C=O) groups excluding carboxylic acids is 1. The Balaban J connectivity index is 1.66. The lowest BCUT2D eigenvalue weighted by atomic mass is 9.87. The number of rotatable bonds is 5. The molecule has 8 heteroatoms. The summed E-state index contributed by atoms with van der Waals surface area (Å²) in [7, 11) is 3.22. The highest BCUT2D eigenvalue weighted by Crippen LogP contribution is 2.43. The standard InChI is InChI=1S/C28H24Cl2N2O4/c1-16-24(26(31-36-16)25-20(29)10-7-11-21(25)30)28(33)32-13-12-18-14-22(34-2)23(35-3)15-19(18)27(32)17-8-5-4-6-9-17/h4-11,14-15,27H,12-13H2,1-3H3/t27-/m0/s1. The molecule has 0 fully saturated rings. The molecule has 0 radical (unpaired) electrons. The zero-order valence-electron chi connectivity index (χ0n) is 20.0. The predicted molar refractivity (Wildman–Crippen MR) is 139 cm³/mol. The van der Waals surface area contributed by atoms with E-state index in [1.165, 1.54) is 0 Å². The summed E-state index contributed by atoms with van der Waals surface area (Å²) in [6, 6.07) is 18.7. The van der Waals surface area contributed by atoms with Gasteiger partial charge in [-0.3, -0.25) is 4.79 Å². The second-order valence-corrected chi connectivity index (χ2v) is 9.34. The van der Waals surface area contributed by atoms with Crippen molar-refractivity contribution in [2.45, 2.75) is 19.4 Å². The Bertz CT molecular complexity index is 1410. The predicted octanol–water partition coefficient (Wildman–Crippen LogP) is 6.76. The van der Waals surface area contributed by atoms with Gasteiger partial charge in [0.15, 0.2) is 11.5 Å². The summed E-state index contributed by atoms with van der Waals surface area (Å²) in [5.74, 6) is 1.45. The number of aryl methyl sites for hydroxylation is 1. The van der Waals surface area contributed by atoms with Crippen LogP contribution in [-0.2, 0) is 6.42 Å². The maximum Gasteiger partial charge on any atom is 0.260 e. The average molecular weight is 523 g/mol. The van der Waals surface area contributed by atoms with Crippen LogP contribution in [0.3, 0.4) is 0 Å². The molecule has 2 heterocycles. The number of halogens is 2. The van der Waals surface area contributed by atoms with Crippen LogP contribution >= 0.6 is 23.2 Å². The fourth-order valence-electron chi connectivity index (χ4n) is 4.82. The lowest BCUT2D eigenvalue weighted by Crippen LogP contribution is -2.41. The van der Waals surface area contributed by atoms with Crippen molar-refractivity contribution in [3.8, 4) is 22.8 Å². The van der Waals surface area contributed by atoms with Crippen molar-refractivity contribution in [2.24, 2.45) is 0 Å². The van der Waals surface area contributed by atoms with E-state index in [4.69, 9.17) is 37.2 Å². The Kier molecular flexibility index (Phi) is 6.65. The molecular formula is C28H24Cl2N2O4. The van der Waals surface area contributed by atoms with Crippen LogP contribution in [0, 0.1) is 6.92 Å². The van der Waals surface area contributed by atoms with Gasteiger partial charge in [0.25, 0.3) is 5.91 Å². The number of methoxy groups -OCH3 is 2. The van der Waals surface area contributed by atoms with Gasteiger partial charge in [0.1, 0.15) is 17.0 Å². The normalized spacial score (nSPS) is 14.9. The van der Waals surface area contributed by atoms with Crippen molar-refractivity contribution in [1.82, 2.24) is 10.1 Å². The fraction of sp³-hybridized carbons (Fsp3) is 0.214. The molecule has 0 unspecified atom stereocenters. The van der Waals surface area contributed by atoms with E-state index >= 15 is 0 Å². The van der Waals surface area contributed by atoms with Crippen molar-refractivity contribution < 1.29 is 18.8 Å². The summed E-state index contributed by atoms with van der Waals surface area (Å²) in [6.45, 7) is 2.21. The summed E-state index contributed by atoms with van der Waals surface area (Å²) in [4.78, 5) is 16.1. The highest BCUT2D eigenvalue weighted by Gasteiger charge is 2.37. The van der Waals surface area contributed by atoms with E-state index in [9.17, 15) is 4.79 Å². The molecule has 0 aliphatic carbocycles. The molecule has 0 spiro atoms. The highest BCUT2D eigenvalue weighted by molar-refractivity contribution is 6.39. The third kappa shape index (κ3) is 4.10. The zero-order chi connectivity index (χ0) is 25.4. The molecule has 6 nitrogen and oxygen atoms in total. The quantitative estimate of drug-likeness (QED) is 0.289. The van der Waals surface area contributed by atoms with E-state index in [2.05, 4.69) is 5.16 Å². The lowest BCUT2D eigenvalue weighted by molar-refractivity contribution is 0.0693. The van der Waals surface area contributed by atoms with E-state index in [0.717, 1.165) is 16.7 Å². The van der Waals surface area contributed by atoms with Gasteiger partial charge in [-0.2, -0.15) is 0 Å². The highest BCUT2D eigenvalue weighted by atomic mass is 35.5. The minimum atomic E-state index is -0.355. The van der Waals surface area contributed by atoms with Gasteiger partial charge in [0.05, 0.1) is 30.3 Å². The maximum absolute atomic E-state index is 14.3. The SMILES string of the molecule is COc1cc2c(cc1OC)[C@H](c1ccccc1)N(C(=O)c1c(-c3c(Cl)cccc3Cl)noc1C)CC2. The summed E-state index contributed by atoms with van der Waals surface area (Å²) in [6.07, 6.45) is 0.650. The van der Waals surface area contributed by atoms with Crippen LogP contribution < -0.4 is 9.47 Å². The number of nitrogens with zero attached hydrogens (tertiary/aromatic N) is 2. The third-order valence-corrected chi connectivity index (χ3v) is 7.16. The summed E-state index contributed by atoms with van der Waals surface area (Å²) < 4.78 is 16.6. The van der Waals surface area contributed by atoms with Crippen LogP contribution in [0.25, 0.3) is 11.3 Å². The second kappa shape index (κ2) is 9.88. The lowest BCUT2D eigenvalue weighted by Gasteiger charge is -2.38. The van der Waals surface area contributed by atoms with Crippen LogP contribution in [0.4, 0.5) is 0 Å². The van der Waals surface area contributed by atoms with Crippen LogP contribution in [0.1, 0.15) is 38.9 Å². The number of benzene rings is 3. The van der Waals surface area contributed by atoms with E-state index in [-0.39, 0.29) is 11.9 Å². The van der Waals surface area contributed by atoms with E-state index in [0.29, 0.717) is 57.1 Å². The van der Waals surface area contributed by atoms with Crippen molar-refractivity contribution in [3.05, 3.63) is 98.7 Å². The molecule has 3 aromatic carbocycles. The molecule has 1 aliphatic rings. The third-order valence-electron chi connectivity index (χ3n) is 6.53. The van der Waals surface area contributed by atoms with Gasteiger partial charge < -0.3 is 18.9 Å². The molecule has 0 saturated heterocycles. The molecular weight excluding hydrogens is 499 g/mol. The number of hydrogen-bond acceptors (Lipinski definition) is 5. The maximum atomic E-state index is 14.3. The first-order valence-electron chi connectivity index (χ1n) is 11.5. The van der Waals surface area contributed by atoms with Crippen LogP contribution in [0.2, 0.25) is 10.0 Å². The van der Waals surface area contributed by atoms with Gasteiger partial charge in [0.2, 0.25) is 0 Å². The number of ether oxygens (including phenoxy) is 2. The Hall–Kier alpha value is -3.48. The zero-order valence-corrected chi connectivity index (χ0v) is 21.6. The molecule has 1 amide bonds. The van der Waals surface area contributed by atoms with Gasteiger partial charge in [-0.05, 0) is 54.3 Å². The number of fused-ring (bicyclic) bond motifs is 1. The monoisotopic (exact) mass is 522 g/mol. The number of hydrogen-bond donors (Lipinski definition) is 0. The topological polar surface area (TPSA) is 64.8 Å². The fourth-order valence-corrected chi connectivity index (χ4v) is 5.40. The first-order valence-corrected chi connectivity index (χ1v) is 12.2. The van der Waals surface area contributed by atoms with Gasteiger partial charge in [0, 0.05) is 12.1 Å². The first kappa shape index (κ1) is 24.2. The molecule has 1 atom stereocenters. The van der Waals surface area contributed by atoms with Gasteiger partial charge in [-0.25, -0.2) is 0 Å². The summed E-state index contributed by atoms with van der Waals surface area (Å²) in [5.41, 5.74) is 4.20. The summed E-state index contributed by atoms with van der Waals surface area (Å²) in [5, 5.41) is 4.98. The summed E-state index contributed by atoms with van der Waals surface area (Å²) >= 11 is 12.9. The molecule has 184 valence electrons. The van der Waals surface area contributed by atoms with E-state index in [1.807, 2.05) is 47.4 Å². The largest absolute Gasteiger partial charge is 0.493 e. The van der Waals surface area contributed by atoms with Crippen molar-refractivity contribution in [3.63, 3.8) is 0 Å². The van der Waals surface area contributed by atoms with E-state index < -0.39 is 0 Å². The van der Waals surface area contributed by atoms with Crippen LogP contribution in [0.15, 0.2) is 65.2 Å². The molecule has 0 saturated carbocycles. The molecule has 0 bridgehead atoms. The molecule has 1 aromatic heterocycles. The van der Waals surface area contributed by atoms with Crippen molar-refractivity contribution in [2.75, 3.05) is 20.8 Å². The van der Waals surface area contributed by atoms with E-state index in [1.54, 1.807) is 39.3 Å². The van der Waals surface area contributed by atoms with Gasteiger partial charge >= 0.3 is 0 Å². The van der Waals surface area contributed by atoms with Crippen LogP contribution in [0.5, 0.6) is 11.5 Å². The Morgan fingerprint density at radius 2 is 1.67 bits per heavy atom. The van der Waals surface area contributed by atoms with Crippen molar-refractivity contribution in [1.29, 1.82) is 0 Å². The number of aromatic nitrogens is 1. The molecule has 36 heavy (non-hydrogen) atoms. The Morgan fingerprint density at radius 1 is 1.00 bits per heavy atom.